The minimum Gasteiger partial charge on any atom is -0.457 e. The van der Waals surface area contributed by atoms with Crippen molar-refractivity contribution in [3.05, 3.63) is 71.2 Å². The first kappa shape index (κ1) is 20.8. The summed E-state index contributed by atoms with van der Waals surface area (Å²) in [6.45, 7) is 2.94. The van der Waals surface area contributed by atoms with Gasteiger partial charge in [0.1, 0.15) is 11.5 Å². The van der Waals surface area contributed by atoms with E-state index in [4.69, 9.17) is 9.47 Å². The maximum atomic E-state index is 12.6. The van der Waals surface area contributed by atoms with Crippen LogP contribution in [0.15, 0.2) is 60.0 Å². The highest BCUT2D eigenvalue weighted by atomic mass is 32.1. The van der Waals surface area contributed by atoms with Crippen LogP contribution in [0.4, 0.5) is 5.13 Å². The first-order valence-electron chi connectivity index (χ1n) is 9.87. The van der Waals surface area contributed by atoms with Crippen LogP contribution in [-0.2, 0) is 16.0 Å². The lowest BCUT2D eigenvalue weighted by Crippen LogP contribution is -2.42. The van der Waals surface area contributed by atoms with E-state index in [1.165, 1.54) is 11.3 Å². The third-order valence-electron chi connectivity index (χ3n) is 4.58. The Labute approximate surface area is 183 Å². The molecule has 3 aromatic rings. The van der Waals surface area contributed by atoms with Crippen LogP contribution in [0.5, 0.6) is 11.5 Å². The molecule has 8 nitrogen and oxygen atoms in total. The molecule has 31 heavy (non-hydrogen) atoms. The number of carbonyl (C=O) groups excluding carboxylic acids is 2. The number of nitrogens with zero attached hydrogens (tertiary/aromatic N) is 2. The Bertz CT molecular complexity index is 1030. The normalized spacial score (nSPS) is 13.5. The third kappa shape index (κ3) is 5.59. The maximum Gasteiger partial charge on any atom is 0.273 e. The number of para-hydroxylation sites is 2. The zero-order valence-electron chi connectivity index (χ0n) is 16.7. The molecule has 1 aromatic heterocycles. The van der Waals surface area contributed by atoms with Crippen molar-refractivity contribution >= 4 is 28.3 Å². The fraction of sp³-hybridized carbons (Fsp3) is 0.227. The second kappa shape index (κ2) is 10.1. The Morgan fingerprint density at radius 3 is 2.58 bits per heavy atom. The summed E-state index contributed by atoms with van der Waals surface area (Å²) in [5, 5.41) is 2.73. The number of hydrogen-bond donors (Lipinski definition) is 2. The summed E-state index contributed by atoms with van der Waals surface area (Å²) in [6.07, 6.45) is 0.0727. The Kier molecular flexibility index (Phi) is 6.75. The molecule has 0 aliphatic carbocycles. The molecule has 1 fully saturated rings. The molecule has 4 rings (SSSR count). The molecular formula is C22H22N4O4S. The minimum atomic E-state index is -0.466. The molecule has 2 heterocycles. The van der Waals surface area contributed by atoms with E-state index in [-0.39, 0.29) is 12.3 Å². The van der Waals surface area contributed by atoms with Crippen molar-refractivity contribution in [1.29, 1.82) is 0 Å². The summed E-state index contributed by atoms with van der Waals surface area (Å²) in [5.41, 5.74) is 5.86. The monoisotopic (exact) mass is 438 g/mol. The van der Waals surface area contributed by atoms with Crippen molar-refractivity contribution in [1.82, 2.24) is 15.8 Å². The molecule has 9 heteroatoms. The predicted octanol–water partition coefficient (Wildman–Crippen LogP) is 2.78. The Morgan fingerprint density at radius 1 is 1.03 bits per heavy atom. The molecule has 160 valence electrons. The van der Waals surface area contributed by atoms with Gasteiger partial charge in [-0.1, -0.05) is 30.3 Å². The molecule has 1 saturated heterocycles. The number of aromatic nitrogens is 1. The molecule has 0 unspecified atom stereocenters. The molecule has 2 N–H and O–H groups in total. The smallest absolute Gasteiger partial charge is 0.273 e. The van der Waals surface area contributed by atoms with Crippen molar-refractivity contribution in [2.75, 3.05) is 31.2 Å². The van der Waals surface area contributed by atoms with Gasteiger partial charge in [0.05, 0.1) is 30.9 Å². The first-order chi connectivity index (χ1) is 15.2. The minimum absolute atomic E-state index is 0.0727. The predicted molar refractivity (Wildman–Crippen MR) is 117 cm³/mol. The Morgan fingerprint density at radius 2 is 1.77 bits per heavy atom. The second-order valence-electron chi connectivity index (χ2n) is 6.81. The standard InChI is InChI=1S/C22H22N4O4S/c27-20(14-16-15-31-22(23-16)26-10-12-29-13-11-26)24-25-21(28)18-8-4-5-9-19(18)30-17-6-2-1-3-7-17/h1-9,15H,10-14H2,(H,24,27)(H,25,28). The number of benzene rings is 2. The van der Waals surface area contributed by atoms with Crippen molar-refractivity contribution < 1.29 is 19.1 Å². The van der Waals surface area contributed by atoms with Gasteiger partial charge in [0, 0.05) is 18.5 Å². The fourth-order valence-corrected chi connectivity index (χ4v) is 3.92. The molecule has 0 spiro atoms. The van der Waals surface area contributed by atoms with Gasteiger partial charge in [-0.2, -0.15) is 0 Å². The summed E-state index contributed by atoms with van der Waals surface area (Å²) < 4.78 is 11.1. The van der Waals surface area contributed by atoms with Crippen LogP contribution in [0.1, 0.15) is 16.1 Å². The van der Waals surface area contributed by atoms with Gasteiger partial charge in [-0.15, -0.1) is 11.3 Å². The highest BCUT2D eigenvalue weighted by Crippen LogP contribution is 2.25. The van der Waals surface area contributed by atoms with Crippen LogP contribution in [0.3, 0.4) is 0 Å². The number of hydrazine groups is 1. The Balaban J connectivity index is 1.32. The van der Waals surface area contributed by atoms with E-state index in [2.05, 4.69) is 20.7 Å². The van der Waals surface area contributed by atoms with Gasteiger partial charge in [-0.05, 0) is 24.3 Å². The zero-order valence-corrected chi connectivity index (χ0v) is 17.6. The molecule has 2 aromatic carbocycles. The summed E-state index contributed by atoms with van der Waals surface area (Å²) >= 11 is 1.50. The Hall–Kier alpha value is -3.43. The molecule has 2 amide bonds. The van der Waals surface area contributed by atoms with Crippen molar-refractivity contribution in [3.63, 3.8) is 0 Å². The van der Waals surface area contributed by atoms with Crippen LogP contribution < -0.4 is 20.5 Å². The van der Waals surface area contributed by atoms with Gasteiger partial charge < -0.3 is 14.4 Å². The number of amides is 2. The zero-order chi connectivity index (χ0) is 21.5. The highest BCUT2D eigenvalue weighted by molar-refractivity contribution is 7.13. The van der Waals surface area contributed by atoms with Gasteiger partial charge in [-0.3, -0.25) is 20.4 Å². The fourth-order valence-electron chi connectivity index (χ4n) is 3.04. The average molecular weight is 439 g/mol. The van der Waals surface area contributed by atoms with Gasteiger partial charge >= 0.3 is 0 Å². The van der Waals surface area contributed by atoms with Crippen LogP contribution in [0.2, 0.25) is 0 Å². The number of hydrogen-bond acceptors (Lipinski definition) is 7. The maximum absolute atomic E-state index is 12.6. The molecular weight excluding hydrogens is 416 g/mol. The summed E-state index contributed by atoms with van der Waals surface area (Å²) in [5.74, 6) is 0.197. The number of ether oxygens (including phenoxy) is 2. The highest BCUT2D eigenvalue weighted by Gasteiger charge is 2.17. The van der Waals surface area contributed by atoms with E-state index in [9.17, 15) is 9.59 Å². The summed E-state index contributed by atoms with van der Waals surface area (Å²) in [6, 6.07) is 16.0. The summed E-state index contributed by atoms with van der Waals surface area (Å²) in [4.78, 5) is 31.5. The number of nitrogens with one attached hydrogen (secondary N) is 2. The molecule has 1 aliphatic heterocycles. The number of morpholine rings is 1. The van der Waals surface area contributed by atoms with Gasteiger partial charge in [0.15, 0.2) is 5.13 Å². The molecule has 0 radical (unpaired) electrons. The number of anilines is 1. The molecule has 0 saturated carbocycles. The first-order valence-corrected chi connectivity index (χ1v) is 10.8. The molecule has 0 atom stereocenters. The van der Waals surface area contributed by atoms with Gasteiger partial charge in [0.2, 0.25) is 5.91 Å². The SMILES string of the molecule is O=C(Cc1csc(N2CCOCC2)n1)NNC(=O)c1ccccc1Oc1ccccc1. The van der Waals surface area contributed by atoms with E-state index in [0.717, 1.165) is 18.2 Å². The van der Waals surface area contributed by atoms with Crippen molar-refractivity contribution in [2.24, 2.45) is 0 Å². The average Bonchev–Trinajstić information content (AvgIpc) is 3.27. The second-order valence-corrected chi connectivity index (χ2v) is 7.65. The quantitative estimate of drug-likeness (QED) is 0.575. The van der Waals surface area contributed by atoms with Crippen molar-refractivity contribution in [2.45, 2.75) is 6.42 Å². The lowest BCUT2D eigenvalue weighted by Gasteiger charge is -2.26. The van der Waals surface area contributed by atoms with Gasteiger partial charge in [0.25, 0.3) is 5.91 Å². The third-order valence-corrected chi connectivity index (χ3v) is 5.53. The number of rotatable bonds is 6. The lowest BCUT2D eigenvalue weighted by atomic mass is 10.2. The van der Waals surface area contributed by atoms with E-state index < -0.39 is 5.91 Å². The number of thiazole rings is 1. The summed E-state index contributed by atoms with van der Waals surface area (Å²) in [7, 11) is 0. The molecule has 0 bridgehead atoms. The van der Waals surface area contributed by atoms with Gasteiger partial charge in [-0.25, -0.2) is 4.98 Å². The van der Waals surface area contributed by atoms with Crippen LogP contribution >= 0.6 is 11.3 Å². The van der Waals surface area contributed by atoms with Crippen LogP contribution in [-0.4, -0.2) is 43.1 Å². The van der Waals surface area contributed by atoms with Crippen molar-refractivity contribution in [3.8, 4) is 11.5 Å². The largest absolute Gasteiger partial charge is 0.457 e. The lowest BCUT2D eigenvalue weighted by molar-refractivity contribution is -0.121. The van der Waals surface area contributed by atoms with E-state index in [0.29, 0.717) is 36.0 Å². The topological polar surface area (TPSA) is 92.8 Å². The van der Waals surface area contributed by atoms with Crippen LogP contribution in [0, 0.1) is 0 Å². The van der Waals surface area contributed by atoms with E-state index in [1.807, 2.05) is 23.6 Å². The van der Waals surface area contributed by atoms with E-state index in [1.54, 1.807) is 36.4 Å². The molecule has 1 aliphatic rings. The number of carbonyl (C=O) groups is 2. The van der Waals surface area contributed by atoms with E-state index >= 15 is 0 Å². The van der Waals surface area contributed by atoms with Crippen LogP contribution in [0.25, 0.3) is 0 Å².